The Morgan fingerprint density at radius 2 is 2.08 bits per heavy atom. The van der Waals surface area contributed by atoms with E-state index in [2.05, 4.69) is 16.5 Å². The molecule has 2 fully saturated rings. The summed E-state index contributed by atoms with van der Waals surface area (Å²) in [6.07, 6.45) is 6.54. The van der Waals surface area contributed by atoms with Crippen molar-refractivity contribution in [3.05, 3.63) is 17.7 Å². The standard InChI is InChI=1S/C19H30N4O3/c1-15-12-20-17(14-26-2)23(15)11-7-16-5-9-21(10-6-16)19(25)13-22-8-3-4-18(22)24/h12,16H,3-11,13-14H2,1-2H3. The molecule has 1 aromatic heterocycles. The maximum absolute atomic E-state index is 12.4. The summed E-state index contributed by atoms with van der Waals surface area (Å²) in [6.45, 7) is 6.17. The van der Waals surface area contributed by atoms with Gasteiger partial charge in [-0.05, 0) is 38.5 Å². The average molecular weight is 362 g/mol. The lowest BCUT2D eigenvalue weighted by Crippen LogP contribution is -2.44. The van der Waals surface area contributed by atoms with Gasteiger partial charge in [-0.25, -0.2) is 4.98 Å². The predicted molar refractivity (Wildman–Crippen MR) is 97.4 cm³/mol. The number of hydrogen-bond donors (Lipinski definition) is 0. The number of amides is 2. The van der Waals surface area contributed by atoms with Crippen molar-refractivity contribution in [2.75, 3.05) is 33.3 Å². The topological polar surface area (TPSA) is 67.7 Å². The van der Waals surface area contributed by atoms with Crippen molar-refractivity contribution in [1.29, 1.82) is 0 Å². The largest absolute Gasteiger partial charge is 0.377 e. The summed E-state index contributed by atoms with van der Waals surface area (Å²) in [5, 5.41) is 0. The van der Waals surface area contributed by atoms with Crippen molar-refractivity contribution in [2.24, 2.45) is 5.92 Å². The number of piperidine rings is 1. The Labute approximate surface area is 155 Å². The monoisotopic (exact) mass is 362 g/mol. The molecule has 26 heavy (non-hydrogen) atoms. The fraction of sp³-hybridized carbons (Fsp3) is 0.737. The summed E-state index contributed by atoms with van der Waals surface area (Å²) < 4.78 is 7.46. The molecule has 2 aliphatic heterocycles. The molecule has 7 nitrogen and oxygen atoms in total. The van der Waals surface area contributed by atoms with E-state index in [0.29, 0.717) is 18.9 Å². The Morgan fingerprint density at radius 1 is 1.31 bits per heavy atom. The van der Waals surface area contributed by atoms with Crippen molar-refractivity contribution >= 4 is 11.8 Å². The number of rotatable bonds is 7. The van der Waals surface area contributed by atoms with Gasteiger partial charge in [0.2, 0.25) is 11.8 Å². The molecule has 0 aromatic carbocycles. The Morgan fingerprint density at radius 3 is 2.73 bits per heavy atom. The van der Waals surface area contributed by atoms with Gasteiger partial charge in [-0.1, -0.05) is 0 Å². The molecule has 144 valence electrons. The number of imidazole rings is 1. The number of carbonyl (C=O) groups excluding carboxylic acids is 2. The van der Waals surface area contributed by atoms with Crippen LogP contribution in [0.5, 0.6) is 0 Å². The van der Waals surface area contributed by atoms with Gasteiger partial charge in [-0.2, -0.15) is 0 Å². The third kappa shape index (κ3) is 4.44. The summed E-state index contributed by atoms with van der Waals surface area (Å²) in [7, 11) is 1.69. The van der Waals surface area contributed by atoms with Gasteiger partial charge in [-0.3, -0.25) is 9.59 Å². The smallest absolute Gasteiger partial charge is 0.242 e. The third-order valence-electron chi connectivity index (χ3n) is 5.64. The summed E-state index contributed by atoms with van der Waals surface area (Å²) >= 11 is 0. The van der Waals surface area contributed by atoms with Crippen LogP contribution in [0.2, 0.25) is 0 Å². The second-order valence-corrected chi connectivity index (χ2v) is 7.43. The number of carbonyl (C=O) groups is 2. The quantitative estimate of drug-likeness (QED) is 0.739. The molecule has 3 heterocycles. The molecule has 7 heteroatoms. The van der Waals surface area contributed by atoms with E-state index >= 15 is 0 Å². The minimum atomic E-state index is 0.103. The van der Waals surface area contributed by atoms with Gasteiger partial charge in [0.05, 0.1) is 6.54 Å². The summed E-state index contributed by atoms with van der Waals surface area (Å²) in [4.78, 5) is 32.1. The third-order valence-corrected chi connectivity index (χ3v) is 5.64. The van der Waals surface area contributed by atoms with Gasteiger partial charge in [0.15, 0.2) is 0 Å². The Bertz CT molecular complexity index is 635. The van der Waals surface area contributed by atoms with E-state index in [1.807, 2.05) is 11.1 Å². The molecule has 0 spiro atoms. The zero-order chi connectivity index (χ0) is 18.5. The average Bonchev–Trinajstić information content (AvgIpc) is 3.20. The fourth-order valence-corrected chi connectivity index (χ4v) is 3.98. The summed E-state index contributed by atoms with van der Waals surface area (Å²) in [5.74, 6) is 1.83. The lowest BCUT2D eigenvalue weighted by Gasteiger charge is -2.33. The van der Waals surface area contributed by atoms with Crippen molar-refractivity contribution in [1.82, 2.24) is 19.4 Å². The molecular weight excluding hydrogens is 332 g/mol. The highest BCUT2D eigenvalue weighted by atomic mass is 16.5. The molecule has 0 aliphatic carbocycles. The van der Waals surface area contributed by atoms with Crippen LogP contribution in [0.4, 0.5) is 0 Å². The second kappa shape index (κ2) is 8.66. The Hall–Kier alpha value is -1.89. The predicted octanol–water partition coefficient (Wildman–Crippen LogP) is 1.59. The first-order valence-electron chi connectivity index (χ1n) is 9.64. The van der Waals surface area contributed by atoms with Crippen LogP contribution in [-0.4, -0.2) is 64.5 Å². The van der Waals surface area contributed by atoms with E-state index in [-0.39, 0.29) is 18.4 Å². The van der Waals surface area contributed by atoms with Gasteiger partial charge in [0.25, 0.3) is 0 Å². The first-order valence-corrected chi connectivity index (χ1v) is 9.64. The number of aryl methyl sites for hydroxylation is 1. The summed E-state index contributed by atoms with van der Waals surface area (Å²) in [5.41, 5.74) is 1.17. The van der Waals surface area contributed by atoms with Crippen LogP contribution in [0.15, 0.2) is 6.20 Å². The van der Waals surface area contributed by atoms with E-state index in [4.69, 9.17) is 4.74 Å². The molecule has 0 atom stereocenters. The molecule has 0 bridgehead atoms. The molecular formula is C19H30N4O3. The molecule has 0 radical (unpaired) electrons. The van der Waals surface area contributed by atoms with Crippen LogP contribution >= 0.6 is 0 Å². The van der Waals surface area contributed by atoms with Crippen molar-refractivity contribution in [3.63, 3.8) is 0 Å². The van der Waals surface area contributed by atoms with Gasteiger partial charge in [0, 0.05) is 51.6 Å². The lowest BCUT2D eigenvalue weighted by atomic mass is 9.93. The van der Waals surface area contributed by atoms with Gasteiger partial charge in [-0.15, -0.1) is 0 Å². The van der Waals surface area contributed by atoms with Crippen molar-refractivity contribution < 1.29 is 14.3 Å². The number of aromatic nitrogens is 2. The zero-order valence-electron chi connectivity index (χ0n) is 15.9. The molecule has 2 amide bonds. The molecule has 0 unspecified atom stereocenters. The SMILES string of the molecule is COCc1ncc(C)n1CCC1CCN(C(=O)CN2CCCC2=O)CC1. The molecule has 3 rings (SSSR count). The summed E-state index contributed by atoms with van der Waals surface area (Å²) in [6, 6.07) is 0. The molecule has 0 N–H and O–H groups in total. The maximum Gasteiger partial charge on any atom is 0.242 e. The van der Waals surface area contributed by atoms with E-state index in [1.54, 1.807) is 12.0 Å². The van der Waals surface area contributed by atoms with Gasteiger partial charge < -0.3 is 19.1 Å². The maximum atomic E-state index is 12.4. The van der Waals surface area contributed by atoms with Gasteiger partial charge >= 0.3 is 0 Å². The normalized spacial score (nSPS) is 18.8. The van der Waals surface area contributed by atoms with Crippen LogP contribution in [-0.2, 0) is 27.5 Å². The van der Waals surface area contributed by atoms with Crippen molar-refractivity contribution in [2.45, 2.75) is 52.2 Å². The van der Waals surface area contributed by atoms with Crippen LogP contribution in [0.3, 0.4) is 0 Å². The van der Waals surface area contributed by atoms with Crippen LogP contribution in [0.1, 0.15) is 43.6 Å². The number of ether oxygens (including phenoxy) is 1. The van der Waals surface area contributed by atoms with E-state index in [9.17, 15) is 9.59 Å². The van der Waals surface area contributed by atoms with E-state index in [0.717, 1.165) is 57.7 Å². The number of methoxy groups -OCH3 is 1. The Balaban J connectivity index is 1.43. The highest BCUT2D eigenvalue weighted by molar-refractivity contribution is 5.85. The molecule has 0 saturated carbocycles. The highest BCUT2D eigenvalue weighted by Gasteiger charge is 2.27. The van der Waals surface area contributed by atoms with Crippen molar-refractivity contribution in [3.8, 4) is 0 Å². The molecule has 2 aliphatic rings. The van der Waals surface area contributed by atoms with Crippen LogP contribution in [0.25, 0.3) is 0 Å². The number of hydrogen-bond acceptors (Lipinski definition) is 4. The molecule has 1 aromatic rings. The van der Waals surface area contributed by atoms with Crippen LogP contribution < -0.4 is 0 Å². The molecule has 2 saturated heterocycles. The number of nitrogens with zero attached hydrogens (tertiary/aromatic N) is 4. The minimum Gasteiger partial charge on any atom is -0.377 e. The van der Waals surface area contributed by atoms with E-state index in [1.165, 1.54) is 5.69 Å². The zero-order valence-corrected chi connectivity index (χ0v) is 15.9. The van der Waals surface area contributed by atoms with E-state index < -0.39 is 0 Å². The first-order chi connectivity index (χ1) is 12.6. The van der Waals surface area contributed by atoms with Crippen LogP contribution in [0, 0.1) is 12.8 Å². The minimum absolute atomic E-state index is 0.103. The number of likely N-dealkylation sites (tertiary alicyclic amines) is 2. The first kappa shape index (κ1) is 18.9. The second-order valence-electron chi connectivity index (χ2n) is 7.43. The Kier molecular flexibility index (Phi) is 6.29. The fourth-order valence-electron chi connectivity index (χ4n) is 3.98. The highest BCUT2D eigenvalue weighted by Crippen LogP contribution is 2.22. The lowest BCUT2D eigenvalue weighted by molar-refractivity contribution is -0.139. The van der Waals surface area contributed by atoms with Gasteiger partial charge in [0.1, 0.15) is 12.4 Å².